The van der Waals surface area contributed by atoms with Gasteiger partial charge in [-0.1, -0.05) is 0 Å². The first-order chi connectivity index (χ1) is 39.0. The lowest BCUT2D eigenvalue weighted by Crippen LogP contribution is -2.21. The Kier molecular flexibility index (Phi) is 17.8. The molecule has 3 saturated heterocycles. The lowest BCUT2D eigenvalue weighted by Gasteiger charge is -2.22. The Balaban J connectivity index is 0.000000134. The fourth-order valence-corrected chi connectivity index (χ4v) is 8.80. The van der Waals surface area contributed by atoms with E-state index in [0.29, 0.717) is 63.4 Å². The van der Waals surface area contributed by atoms with Crippen LogP contribution in [0.1, 0.15) is 78.8 Å². The van der Waals surface area contributed by atoms with Crippen LogP contribution in [-0.2, 0) is 32.7 Å². The van der Waals surface area contributed by atoms with Crippen molar-refractivity contribution in [3.63, 3.8) is 0 Å². The molecule has 3 aliphatic rings. The summed E-state index contributed by atoms with van der Waals surface area (Å²) in [6.45, 7) is 7.23. The number of aromatic nitrogens is 18. The maximum absolute atomic E-state index is 13.5. The summed E-state index contributed by atoms with van der Waals surface area (Å²) in [4.78, 5) is 31.1. The number of hydrogen-bond donors (Lipinski definition) is 4. The third-order valence-electron chi connectivity index (χ3n) is 12.8. The van der Waals surface area contributed by atoms with Crippen molar-refractivity contribution in [2.45, 2.75) is 89.1 Å². The number of halogens is 11. The highest BCUT2D eigenvalue weighted by Crippen LogP contribution is 2.38. The van der Waals surface area contributed by atoms with Crippen LogP contribution in [0.3, 0.4) is 0 Å². The molecule has 5 N–H and O–H groups in total. The summed E-state index contributed by atoms with van der Waals surface area (Å²) < 4.78 is 138. The van der Waals surface area contributed by atoms with Gasteiger partial charge in [0, 0.05) is 58.2 Å². The average Bonchev–Trinajstić information content (AvgIpc) is 4.39. The normalized spacial score (nSPS) is 15.8. The lowest BCUT2D eigenvalue weighted by molar-refractivity contribution is -0.141. The molecular weight excluding hydrogens is 1150 g/mol. The zero-order valence-corrected chi connectivity index (χ0v) is 44.4. The Morgan fingerprint density at radius 1 is 0.610 bits per heavy atom. The number of aromatic amines is 1. The van der Waals surface area contributed by atoms with Crippen LogP contribution in [0.15, 0.2) is 55.8 Å². The fourth-order valence-electron chi connectivity index (χ4n) is 8.54. The first-order valence-corrected chi connectivity index (χ1v) is 25.5. The number of aliphatic hydroxyl groups excluding tert-OH is 1. The van der Waals surface area contributed by atoms with Crippen molar-refractivity contribution in [2.24, 2.45) is 0 Å². The van der Waals surface area contributed by atoms with E-state index in [1.54, 1.807) is 21.4 Å². The topological polar surface area (TPSA) is 288 Å². The largest absolute Gasteiger partial charge is 0.435 e. The van der Waals surface area contributed by atoms with Gasteiger partial charge in [-0.2, -0.15) is 80.0 Å². The molecule has 13 rings (SSSR count). The number of ether oxygens (including phenoxy) is 3. The number of pyridine rings is 2. The van der Waals surface area contributed by atoms with Crippen LogP contribution in [0.5, 0.6) is 0 Å². The highest BCUT2D eigenvalue weighted by Gasteiger charge is 2.40. The predicted octanol–water partition coefficient (Wildman–Crippen LogP) is 8.94. The van der Waals surface area contributed by atoms with Crippen LogP contribution in [0.25, 0.3) is 44.4 Å². The van der Waals surface area contributed by atoms with Gasteiger partial charge in [0.1, 0.15) is 12.7 Å². The average molecular weight is 1200 g/mol. The molecule has 0 aromatic carbocycles. The van der Waals surface area contributed by atoms with Gasteiger partial charge in [0.25, 0.3) is 0 Å². The van der Waals surface area contributed by atoms with Crippen LogP contribution in [0, 0.1) is 13.8 Å². The number of aryl methyl sites for hydroxylation is 2. The molecule has 436 valence electrons. The number of anilines is 3. The van der Waals surface area contributed by atoms with E-state index in [4.69, 9.17) is 48.3 Å². The number of fused-ring (bicyclic) bond motifs is 5. The summed E-state index contributed by atoms with van der Waals surface area (Å²) in [5.74, 6) is 0.173. The number of nitrogens with zero attached hydrogens (tertiary/aromatic N) is 17. The van der Waals surface area contributed by atoms with E-state index in [2.05, 4.69) is 70.7 Å². The van der Waals surface area contributed by atoms with Gasteiger partial charge in [0.2, 0.25) is 16.5 Å². The summed E-state index contributed by atoms with van der Waals surface area (Å²) in [7, 11) is 0. The number of aliphatic hydroxyl groups is 1. The monoisotopic (exact) mass is 1200 g/mol. The van der Waals surface area contributed by atoms with Crippen LogP contribution in [0.4, 0.5) is 56.8 Å². The Bertz CT molecular complexity index is 3760. The minimum absolute atomic E-state index is 0.0891. The highest BCUT2D eigenvalue weighted by molar-refractivity contribution is 6.28. The van der Waals surface area contributed by atoms with Gasteiger partial charge < -0.3 is 30.4 Å². The van der Waals surface area contributed by atoms with Gasteiger partial charge in [-0.3, -0.25) is 5.10 Å². The molecule has 0 spiro atoms. The molecule has 3 aliphatic heterocycles. The SMILES string of the molecule is Cc1cc2ncnn2cc1N.Cc1cc2ncnn2cc1Nc1ncc2c(C(F)(F)F)nn(C3CCOCC3)c2n1.FC(F)(F)c1[nH]nc2nc(Cl)ncc12.FC(F)(F)c1nn(C2CCOCC2)c2nc(Cl)ncc12.OC1CCOCC1. The number of rotatable bonds is 4. The van der Waals surface area contributed by atoms with E-state index in [0.717, 1.165) is 60.9 Å². The fraction of sp³-hybridized carbons (Fsp3) is 0.426. The van der Waals surface area contributed by atoms with Crippen molar-refractivity contribution >= 4 is 84.9 Å². The van der Waals surface area contributed by atoms with Crippen molar-refractivity contribution in [3.8, 4) is 0 Å². The van der Waals surface area contributed by atoms with E-state index in [1.807, 2.05) is 31.1 Å². The summed E-state index contributed by atoms with van der Waals surface area (Å²) in [5.41, 5.74) is 7.72. The van der Waals surface area contributed by atoms with E-state index >= 15 is 0 Å². The van der Waals surface area contributed by atoms with Crippen molar-refractivity contribution in [3.05, 3.63) is 94.5 Å². The predicted molar refractivity (Wildman–Crippen MR) is 275 cm³/mol. The van der Waals surface area contributed by atoms with Crippen LogP contribution < -0.4 is 11.1 Å². The summed E-state index contributed by atoms with van der Waals surface area (Å²) in [6, 6.07) is 3.35. The zero-order valence-electron chi connectivity index (χ0n) is 42.9. The van der Waals surface area contributed by atoms with Crippen molar-refractivity contribution < 1.29 is 58.8 Å². The number of nitrogens with one attached hydrogen (secondary N) is 2. The van der Waals surface area contributed by atoms with Gasteiger partial charge in [-0.05, 0) is 98.8 Å². The molecule has 10 aromatic rings. The quantitative estimate of drug-likeness (QED) is 0.0944. The Morgan fingerprint density at radius 3 is 1.60 bits per heavy atom. The minimum atomic E-state index is -4.60. The third kappa shape index (κ3) is 13.9. The van der Waals surface area contributed by atoms with Crippen LogP contribution in [0.2, 0.25) is 10.6 Å². The molecule has 35 heteroatoms. The lowest BCUT2D eigenvalue weighted by atomic mass is 10.1. The molecule has 13 heterocycles. The van der Waals surface area contributed by atoms with Crippen molar-refractivity contribution in [2.75, 3.05) is 50.7 Å². The zero-order chi connectivity index (χ0) is 58.5. The molecule has 0 amide bonds. The second-order valence-corrected chi connectivity index (χ2v) is 19.1. The molecule has 10 aromatic heterocycles. The number of nitrogen functional groups attached to an aromatic ring is 1. The first kappa shape index (κ1) is 58.9. The smallest absolute Gasteiger partial charge is 0.397 e. The maximum atomic E-state index is 13.5. The maximum Gasteiger partial charge on any atom is 0.435 e. The Morgan fingerprint density at radius 2 is 1.09 bits per heavy atom. The third-order valence-corrected chi connectivity index (χ3v) is 13.1. The second-order valence-electron chi connectivity index (χ2n) is 18.4. The molecule has 0 atom stereocenters. The first-order valence-electron chi connectivity index (χ1n) is 24.8. The van der Waals surface area contributed by atoms with Gasteiger partial charge >= 0.3 is 18.5 Å². The summed E-state index contributed by atoms with van der Waals surface area (Å²) in [6.07, 6.45) is -0.113. The van der Waals surface area contributed by atoms with Gasteiger partial charge in [0.05, 0.1) is 58.1 Å². The van der Waals surface area contributed by atoms with Crippen LogP contribution in [-0.4, -0.2) is 140 Å². The van der Waals surface area contributed by atoms with Gasteiger partial charge in [-0.25, -0.2) is 43.3 Å². The molecular formula is C47H47Cl2F9N20O4. The molecule has 82 heavy (non-hydrogen) atoms. The minimum Gasteiger partial charge on any atom is -0.397 e. The Hall–Kier alpha value is -7.72. The van der Waals surface area contributed by atoms with E-state index in [1.165, 1.54) is 28.2 Å². The second kappa shape index (κ2) is 24.8. The van der Waals surface area contributed by atoms with Crippen LogP contribution >= 0.6 is 23.2 Å². The standard InChI is InChI=1S/C18H17F3N8O.C11H10ClF3N4O.C7H8N4.C6H2ClF3N4.C5H10O2/c1-10-6-14-23-9-24-28(14)8-13(10)25-17-22-7-12-15(18(19,20)21)27-29(16(12)26-17)11-2-4-30-5-3-11;12-10-16-5-7-8(11(13,14)15)18-19(9(7)17-10)6-1-3-20-4-2-6;1-5-2-7-9-4-10-11(7)3-6(5)8;7-5-11-1-2-3(6(8,9)10)13-14-4(2)12-5;6-5-1-3-7-4-2-5/h6-9,11H,2-5H2,1H3,(H,22,25,26);5-6H,1-4H2;2-4H,8H2,1H3;1H,(H,11,12,13,14);5-6H,1-4H2. The van der Waals surface area contributed by atoms with Crippen molar-refractivity contribution in [1.82, 2.24) is 88.9 Å². The number of nitrogens with two attached hydrogens (primary N) is 1. The van der Waals surface area contributed by atoms with E-state index < -0.39 is 35.6 Å². The molecule has 0 unspecified atom stereocenters. The molecule has 0 saturated carbocycles. The molecule has 0 bridgehead atoms. The van der Waals surface area contributed by atoms with Gasteiger partial charge in [-0.15, -0.1) is 0 Å². The summed E-state index contributed by atoms with van der Waals surface area (Å²) in [5, 5.41) is 32.0. The number of hydrogen-bond acceptors (Lipinski definition) is 19. The van der Waals surface area contributed by atoms with Crippen molar-refractivity contribution in [1.29, 1.82) is 0 Å². The number of H-pyrrole nitrogens is 1. The summed E-state index contributed by atoms with van der Waals surface area (Å²) >= 11 is 11.1. The van der Waals surface area contributed by atoms with E-state index in [9.17, 15) is 39.5 Å². The Labute approximate surface area is 465 Å². The van der Waals surface area contributed by atoms with E-state index in [-0.39, 0.29) is 67.8 Å². The molecule has 3 fully saturated rings. The molecule has 24 nitrogen and oxygen atoms in total. The molecule has 0 aliphatic carbocycles. The highest BCUT2D eigenvalue weighted by atomic mass is 35.5. The van der Waals surface area contributed by atoms with Gasteiger partial charge in [0.15, 0.2) is 45.3 Å². The molecule has 0 radical (unpaired) electrons. The number of alkyl halides is 9.